The molecular weight excluding hydrogens is 328 g/mol. The summed E-state index contributed by atoms with van der Waals surface area (Å²) >= 11 is 0. The molecule has 5 nitrogen and oxygen atoms in total. The molecule has 0 saturated carbocycles. The number of ether oxygens (including phenoxy) is 1. The summed E-state index contributed by atoms with van der Waals surface area (Å²) in [5, 5.41) is 11.1. The highest BCUT2D eigenvalue weighted by Gasteiger charge is 2.14. The van der Waals surface area contributed by atoms with Gasteiger partial charge in [0.25, 0.3) is 0 Å². The molecule has 0 saturated heterocycles. The van der Waals surface area contributed by atoms with E-state index < -0.39 is 0 Å². The predicted octanol–water partition coefficient (Wildman–Crippen LogP) is 3.87. The molecule has 1 unspecified atom stereocenters. The molecule has 1 N–H and O–H groups in total. The molecule has 1 aromatic heterocycles. The fraction of sp³-hybridized carbons (Fsp3) is 0.222. The van der Waals surface area contributed by atoms with Crippen LogP contribution >= 0.6 is 0 Å². The first-order valence-electron chi connectivity index (χ1n) is 7.72. The molecule has 0 bridgehead atoms. The summed E-state index contributed by atoms with van der Waals surface area (Å²) in [6.07, 6.45) is 0. The topological polar surface area (TPSA) is 60.2 Å². The van der Waals surface area contributed by atoms with Crippen LogP contribution in [0.5, 0.6) is 5.75 Å². The van der Waals surface area contributed by atoms with E-state index in [0.717, 1.165) is 0 Å². The molecule has 0 aliphatic carbocycles. The summed E-state index contributed by atoms with van der Waals surface area (Å²) < 4.78 is 37.3. The van der Waals surface area contributed by atoms with Crippen LogP contribution in [0.2, 0.25) is 0 Å². The summed E-state index contributed by atoms with van der Waals surface area (Å²) in [6.45, 7) is 2.18. The molecule has 0 amide bonds. The van der Waals surface area contributed by atoms with E-state index in [2.05, 4.69) is 15.5 Å². The number of nitrogens with one attached hydrogen (secondary N) is 1. The van der Waals surface area contributed by atoms with Gasteiger partial charge in [0.1, 0.15) is 17.4 Å². The SMILES string of the molecule is COc1ccc(F)cc1C(C)NCc1nnc(-c2ccc(F)cc2)o1. The molecule has 25 heavy (non-hydrogen) atoms. The van der Waals surface area contributed by atoms with Crippen molar-refractivity contribution >= 4 is 0 Å². The van der Waals surface area contributed by atoms with Crippen LogP contribution in [0.15, 0.2) is 46.9 Å². The van der Waals surface area contributed by atoms with Crippen molar-refractivity contribution in [1.82, 2.24) is 15.5 Å². The third-order valence-electron chi connectivity index (χ3n) is 3.78. The molecule has 3 rings (SSSR count). The molecule has 0 radical (unpaired) electrons. The zero-order chi connectivity index (χ0) is 17.8. The van der Waals surface area contributed by atoms with E-state index in [1.807, 2.05) is 6.92 Å². The lowest BCUT2D eigenvalue weighted by Crippen LogP contribution is -2.19. The van der Waals surface area contributed by atoms with Gasteiger partial charge in [0.2, 0.25) is 11.8 Å². The highest BCUT2D eigenvalue weighted by molar-refractivity contribution is 5.51. The van der Waals surface area contributed by atoms with E-state index in [-0.39, 0.29) is 17.7 Å². The Morgan fingerprint density at radius 3 is 2.52 bits per heavy atom. The summed E-state index contributed by atoms with van der Waals surface area (Å²) in [6, 6.07) is 9.97. The van der Waals surface area contributed by atoms with E-state index >= 15 is 0 Å². The minimum Gasteiger partial charge on any atom is -0.496 e. The van der Waals surface area contributed by atoms with E-state index in [9.17, 15) is 8.78 Å². The second-order valence-electron chi connectivity index (χ2n) is 5.50. The van der Waals surface area contributed by atoms with E-state index in [1.165, 1.54) is 31.4 Å². The molecule has 0 aliphatic heterocycles. The number of benzene rings is 2. The number of methoxy groups -OCH3 is 1. The molecule has 3 aromatic rings. The number of rotatable bonds is 6. The zero-order valence-corrected chi connectivity index (χ0v) is 13.8. The Morgan fingerprint density at radius 1 is 1.08 bits per heavy atom. The maximum atomic E-state index is 13.5. The Balaban J connectivity index is 1.68. The van der Waals surface area contributed by atoms with Gasteiger partial charge in [-0.15, -0.1) is 10.2 Å². The van der Waals surface area contributed by atoms with Gasteiger partial charge in [-0.1, -0.05) is 0 Å². The number of aromatic nitrogens is 2. The summed E-state index contributed by atoms with van der Waals surface area (Å²) in [5.41, 5.74) is 1.33. The van der Waals surface area contributed by atoms with Crippen LogP contribution in [-0.2, 0) is 6.54 Å². The van der Waals surface area contributed by atoms with Crippen molar-refractivity contribution in [3.05, 3.63) is 65.6 Å². The van der Waals surface area contributed by atoms with Gasteiger partial charge < -0.3 is 14.5 Å². The molecule has 1 atom stereocenters. The van der Waals surface area contributed by atoms with E-state index in [1.54, 1.807) is 18.2 Å². The molecule has 1 heterocycles. The normalized spacial score (nSPS) is 12.2. The second kappa shape index (κ2) is 7.40. The lowest BCUT2D eigenvalue weighted by Gasteiger charge is -2.16. The van der Waals surface area contributed by atoms with Gasteiger partial charge in [0, 0.05) is 17.2 Å². The van der Waals surface area contributed by atoms with Crippen molar-refractivity contribution in [3.8, 4) is 17.2 Å². The van der Waals surface area contributed by atoms with E-state index in [4.69, 9.17) is 9.15 Å². The highest BCUT2D eigenvalue weighted by Crippen LogP contribution is 2.26. The van der Waals surface area contributed by atoms with Gasteiger partial charge in [-0.2, -0.15) is 0 Å². The molecular formula is C18H17F2N3O2. The van der Waals surface area contributed by atoms with Gasteiger partial charge in [-0.3, -0.25) is 0 Å². The highest BCUT2D eigenvalue weighted by atomic mass is 19.1. The van der Waals surface area contributed by atoms with Crippen molar-refractivity contribution in [2.45, 2.75) is 19.5 Å². The van der Waals surface area contributed by atoms with Crippen LogP contribution in [0, 0.1) is 11.6 Å². The van der Waals surface area contributed by atoms with Gasteiger partial charge in [-0.25, -0.2) is 8.78 Å². The fourth-order valence-corrected chi connectivity index (χ4v) is 2.43. The summed E-state index contributed by atoms with van der Waals surface area (Å²) in [7, 11) is 1.54. The summed E-state index contributed by atoms with van der Waals surface area (Å²) in [5.74, 6) is 0.622. The van der Waals surface area contributed by atoms with Crippen LogP contribution < -0.4 is 10.1 Å². The minimum atomic E-state index is -0.333. The Kier molecular flexibility index (Phi) is 5.04. The van der Waals surface area contributed by atoms with Crippen molar-refractivity contribution in [1.29, 1.82) is 0 Å². The van der Waals surface area contributed by atoms with E-state index in [0.29, 0.717) is 35.2 Å². The van der Waals surface area contributed by atoms with Crippen LogP contribution in [0.25, 0.3) is 11.5 Å². The van der Waals surface area contributed by atoms with Gasteiger partial charge in [0.15, 0.2) is 0 Å². The lowest BCUT2D eigenvalue weighted by molar-refractivity contribution is 0.395. The third kappa shape index (κ3) is 4.00. The quantitative estimate of drug-likeness (QED) is 0.735. The number of halogens is 2. The smallest absolute Gasteiger partial charge is 0.247 e. The third-order valence-corrected chi connectivity index (χ3v) is 3.78. The molecule has 0 spiro atoms. The molecule has 130 valence electrons. The van der Waals surface area contributed by atoms with Crippen molar-refractivity contribution in [2.75, 3.05) is 7.11 Å². The maximum Gasteiger partial charge on any atom is 0.247 e. The lowest BCUT2D eigenvalue weighted by atomic mass is 10.1. The predicted molar refractivity (Wildman–Crippen MR) is 87.9 cm³/mol. The zero-order valence-electron chi connectivity index (χ0n) is 13.8. The van der Waals surface area contributed by atoms with Crippen LogP contribution in [-0.4, -0.2) is 17.3 Å². The first-order chi connectivity index (χ1) is 12.1. The number of hydrogen-bond donors (Lipinski definition) is 1. The monoisotopic (exact) mass is 345 g/mol. The Hall–Kier alpha value is -2.80. The Labute approximate surface area is 143 Å². The van der Waals surface area contributed by atoms with Gasteiger partial charge in [0.05, 0.1) is 13.7 Å². The minimum absolute atomic E-state index is 0.188. The van der Waals surface area contributed by atoms with Crippen molar-refractivity contribution in [3.63, 3.8) is 0 Å². The molecule has 7 heteroatoms. The van der Waals surface area contributed by atoms with Crippen LogP contribution in [0.4, 0.5) is 8.78 Å². The maximum absolute atomic E-state index is 13.5. The number of nitrogens with zero attached hydrogens (tertiary/aromatic N) is 2. The Morgan fingerprint density at radius 2 is 1.80 bits per heavy atom. The second-order valence-corrected chi connectivity index (χ2v) is 5.50. The fourth-order valence-electron chi connectivity index (χ4n) is 2.43. The van der Waals surface area contributed by atoms with Crippen LogP contribution in [0.3, 0.4) is 0 Å². The molecule has 0 fully saturated rings. The van der Waals surface area contributed by atoms with Crippen LogP contribution in [0.1, 0.15) is 24.4 Å². The van der Waals surface area contributed by atoms with Gasteiger partial charge in [-0.05, 0) is 49.4 Å². The molecule has 0 aliphatic rings. The Bertz CT molecular complexity index is 850. The van der Waals surface area contributed by atoms with Crippen molar-refractivity contribution in [2.24, 2.45) is 0 Å². The first-order valence-corrected chi connectivity index (χ1v) is 7.72. The standard InChI is InChI=1S/C18H17F2N3O2/c1-11(15-9-14(20)7-8-16(15)24-2)21-10-17-22-23-18(25-17)12-3-5-13(19)6-4-12/h3-9,11,21H,10H2,1-2H3. The average Bonchev–Trinajstić information content (AvgIpc) is 3.09. The average molecular weight is 345 g/mol. The summed E-state index contributed by atoms with van der Waals surface area (Å²) in [4.78, 5) is 0. The van der Waals surface area contributed by atoms with Crippen molar-refractivity contribution < 1.29 is 17.9 Å². The first kappa shape index (κ1) is 17.0. The largest absolute Gasteiger partial charge is 0.496 e. The number of hydrogen-bond acceptors (Lipinski definition) is 5. The van der Waals surface area contributed by atoms with Gasteiger partial charge >= 0.3 is 0 Å². The molecule has 2 aromatic carbocycles.